The molecule has 2 aromatic rings. The molecule has 1 atom stereocenters. The molecule has 0 aliphatic heterocycles. The van der Waals surface area contributed by atoms with Crippen molar-refractivity contribution >= 4 is 46.4 Å². The molecule has 0 unspecified atom stereocenters. The van der Waals surface area contributed by atoms with Crippen LogP contribution in [0.1, 0.15) is 17.9 Å². The van der Waals surface area contributed by atoms with Crippen LogP contribution in [0, 0.1) is 0 Å². The molecule has 2 aromatic carbocycles. The van der Waals surface area contributed by atoms with Crippen molar-refractivity contribution in [2.24, 2.45) is 0 Å². The third-order valence-corrected chi connectivity index (χ3v) is 4.33. The van der Waals surface area contributed by atoms with Crippen LogP contribution in [0.25, 0.3) is 0 Å². The summed E-state index contributed by atoms with van der Waals surface area (Å²) in [5.41, 5.74) is 0.847. The molecular formula is C16H14Cl4O2. The molecule has 0 saturated carbocycles. The SMILES string of the molecule is OC[C@H](CCOc1ccc(Cl)cc1Cl)c1ccc(Cl)cc1Cl. The van der Waals surface area contributed by atoms with Gasteiger partial charge < -0.3 is 9.84 Å². The third kappa shape index (κ3) is 4.68. The molecule has 0 saturated heterocycles. The molecule has 0 amide bonds. The summed E-state index contributed by atoms with van der Waals surface area (Å²) in [5, 5.41) is 11.7. The molecule has 0 aromatic heterocycles. The normalized spacial score (nSPS) is 12.2. The first kappa shape index (κ1) is 17.7. The molecule has 0 bridgehead atoms. The van der Waals surface area contributed by atoms with Crippen molar-refractivity contribution in [1.29, 1.82) is 0 Å². The van der Waals surface area contributed by atoms with Gasteiger partial charge in [0, 0.05) is 21.0 Å². The molecule has 0 aliphatic carbocycles. The van der Waals surface area contributed by atoms with E-state index in [9.17, 15) is 5.11 Å². The van der Waals surface area contributed by atoms with Gasteiger partial charge in [0.25, 0.3) is 0 Å². The summed E-state index contributed by atoms with van der Waals surface area (Å²) in [6, 6.07) is 10.3. The minimum atomic E-state index is -0.129. The van der Waals surface area contributed by atoms with Crippen molar-refractivity contribution in [1.82, 2.24) is 0 Å². The number of aliphatic hydroxyl groups is 1. The largest absolute Gasteiger partial charge is 0.492 e. The smallest absolute Gasteiger partial charge is 0.137 e. The van der Waals surface area contributed by atoms with Gasteiger partial charge in [0.15, 0.2) is 0 Å². The molecule has 6 heteroatoms. The molecule has 0 heterocycles. The Morgan fingerprint density at radius 1 is 0.909 bits per heavy atom. The van der Waals surface area contributed by atoms with Crippen LogP contribution in [0.3, 0.4) is 0 Å². The summed E-state index contributed by atoms with van der Waals surface area (Å²) >= 11 is 23.9. The monoisotopic (exact) mass is 378 g/mol. The van der Waals surface area contributed by atoms with Crippen molar-refractivity contribution in [3.63, 3.8) is 0 Å². The summed E-state index contributed by atoms with van der Waals surface area (Å²) in [6.07, 6.45) is 0.594. The Morgan fingerprint density at radius 2 is 1.55 bits per heavy atom. The van der Waals surface area contributed by atoms with E-state index in [2.05, 4.69) is 0 Å². The number of benzene rings is 2. The Labute approximate surface area is 149 Å². The van der Waals surface area contributed by atoms with Gasteiger partial charge in [-0.3, -0.25) is 0 Å². The Hall–Kier alpha value is -0.640. The molecule has 22 heavy (non-hydrogen) atoms. The zero-order valence-corrected chi connectivity index (χ0v) is 14.6. The van der Waals surface area contributed by atoms with E-state index in [1.165, 1.54) is 0 Å². The van der Waals surface area contributed by atoms with Crippen molar-refractivity contribution in [2.45, 2.75) is 12.3 Å². The van der Waals surface area contributed by atoms with Gasteiger partial charge in [-0.25, -0.2) is 0 Å². The number of hydrogen-bond acceptors (Lipinski definition) is 2. The Bertz CT molecular complexity index is 646. The highest BCUT2D eigenvalue weighted by molar-refractivity contribution is 6.35. The summed E-state index contributed by atoms with van der Waals surface area (Å²) in [4.78, 5) is 0. The van der Waals surface area contributed by atoms with E-state index in [1.807, 2.05) is 6.07 Å². The average molecular weight is 380 g/mol. The molecule has 0 aliphatic rings. The highest BCUT2D eigenvalue weighted by Gasteiger charge is 2.15. The van der Waals surface area contributed by atoms with E-state index in [-0.39, 0.29) is 12.5 Å². The predicted octanol–water partition coefficient (Wildman–Crippen LogP) is 5.85. The maximum atomic E-state index is 9.57. The first-order valence-electron chi connectivity index (χ1n) is 6.65. The number of ether oxygens (including phenoxy) is 1. The van der Waals surface area contributed by atoms with Crippen molar-refractivity contribution < 1.29 is 9.84 Å². The molecule has 0 fully saturated rings. The van der Waals surface area contributed by atoms with Gasteiger partial charge in [-0.1, -0.05) is 52.5 Å². The van der Waals surface area contributed by atoms with Gasteiger partial charge in [-0.2, -0.15) is 0 Å². The highest BCUT2D eigenvalue weighted by atomic mass is 35.5. The fourth-order valence-electron chi connectivity index (χ4n) is 2.08. The van der Waals surface area contributed by atoms with Crippen LogP contribution in [0.5, 0.6) is 5.75 Å². The zero-order valence-electron chi connectivity index (χ0n) is 11.5. The number of aliphatic hydroxyl groups excluding tert-OH is 1. The standard InChI is InChI=1S/C16H14Cl4O2/c17-11-1-3-13(14(19)7-11)10(9-21)5-6-22-16-4-2-12(18)8-15(16)20/h1-4,7-8,10,21H,5-6,9H2/t10-/m0/s1. The zero-order chi connectivity index (χ0) is 16.1. The second kappa shape index (κ2) is 8.28. The van der Waals surface area contributed by atoms with Gasteiger partial charge >= 0.3 is 0 Å². The minimum Gasteiger partial charge on any atom is -0.492 e. The van der Waals surface area contributed by atoms with Crippen molar-refractivity contribution in [3.05, 3.63) is 62.1 Å². The van der Waals surface area contributed by atoms with E-state index >= 15 is 0 Å². The fourth-order valence-corrected chi connectivity index (χ4v) is 3.11. The first-order valence-corrected chi connectivity index (χ1v) is 8.16. The molecule has 2 nitrogen and oxygen atoms in total. The van der Waals surface area contributed by atoms with Crippen LogP contribution >= 0.6 is 46.4 Å². The summed E-state index contributed by atoms with van der Waals surface area (Å²) in [5.74, 6) is 0.431. The van der Waals surface area contributed by atoms with E-state index in [1.54, 1.807) is 30.3 Å². The Morgan fingerprint density at radius 3 is 2.14 bits per heavy atom. The second-order valence-electron chi connectivity index (χ2n) is 4.76. The molecule has 0 radical (unpaired) electrons. The van der Waals surface area contributed by atoms with Gasteiger partial charge in [0.1, 0.15) is 5.75 Å². The van der Waals surface area contributed by atoms with Crippen LogP contribution in [-0.4, -0.2) is 18.3 Å². The van der Waals surface area contributed by atoms with Crippen molar-refractivity contribution in [2.75, 3.05) is 13.2 Å². The van der Waals surface area contributed by atoms with Crippen LogP contribution in [-0.2, 0) is 0 Å². The summed E-state index contributed by atoms with van der Waals surface area (Å²) in [6.45, 7) is 0.366. The lowest BCUT2D eigenvalue weighted by atomic mass is 9.97. The van der Waals surface area contributed by atoms with Gasteiger partial charge in [-0.15, -0.1) is 0 Å². The molecule has 118 valence electrons. The predicted molar refractivity (Wildman–Crippen MR) is 92.9 cm³/mol. The topological polar surface area (TPSA) is 29.5 Å². The van der Waals surface area contributed by atoms with Crippen molar-refractivity contribution in [3.8, 4) is 5.75 Å². The Balaban J connectivity index is 1.99. The summed E-state index contributed by atoms with van der Waals surface area (Å²) in [7, 11) is 0. The lowest BCUT2D eigenvalue weighted by molar-refractivity contribution is 0.229. The first-order chi connectivity index (χ1) is 10.5. The van der Waals surface area contributed by atoms with Crippen LogP contribution in [0.15, 0.2) is 36.4 Å². The lowest BCUT2D eigenvalue weighted by Gasteiger charge is -2.17. The van der Waals surface area contributed by atoms with Gasteiger partial charge in [-0.05, 0) is 42.3 Å². The van der Waals surface area contributed by atoms with Crippen LogP contribution in [0.2, 0.25) is 20.1 Å². The average Bonchev–Trinajstić information content (AvgIpc) is 2.46. The maximum absolute atomic E-state index is 9.57. The Kier molecular flexibility index (Phi) is 6.66. The molecule has 2 rings (SSSR count). The third-order valence-electron chi connectivity index (χ3n) is 3.24. The fraction of sp³-hybridized carbons (Fsp3) is 0.250. The maximum Gasteiger partial charge on any atom is 0.137 e. The minimum absolute atomic E-state index is 0.0287. The van der Waals surface area contributed by atoms with E-state index in [0.29, 0.717) is 38.9 Å². The number of hydrogen-bond donors (Lipinski definition) is 1. The summed E-state index contributed by atoms with van der Waals surface area (Å²) < 4.78 is 5.64. The van der Waals surface area contributed by atoms with Gasteiger partial charge in [0.05, 0.1) is 18.2 Å². The van der Waals surface area contributed by atoms with Crippen LogP contribution < -0.4 is 4.74 Å². The molecular weight excluding hydrogens is 366 g/mol. The lowest BCUT2D eigenvalue weighted by Crippen LogP contribution is -2.10. The molecule has 1 N–H and O–H groups in total. The number of halogens is 4. The van der Waals surface area contributed by atoms with E-state index in [0.717, 1.165) is 5.56 Å². The van der Waals surface area contributed by atoms with Gasteiger partial charge in [0.2, 0.25) is 0 Å². The second-order valence-corrected chi connectivity index (χ2v) is 6.44. The van der Waals surface area contributed by atoms with E-state index in [4.69, 9.17) is 51.1 Å². The molecule has 0 spiro atoms. The number of rotatable bonds is 6. The van der Waals surface area contributed by atoms with E-state index < -0.39 is 0 Å². The quantitative estimate of drug-likeness (QED) is 0.682. The van der Waals surface area contributed by atoms with Crippen LogP contribution in [0.4, 0.5) is 0 Å². The highest BCUT2D eigenvalue weighted by Crippen LogP contribution is 2.31.